The minimum Gasteiger partial charge on any atom is -0.379 e. The first-order valence-corrected chi connectivity index (χ1v) is 9.28. The van der Waals surface area contributed by atoms with Gasteiger partial charge in [0.15, 0.2) is 5.11 Å². The third-order valence-corrected chi connectivity index (χ3v) is 4.80. The number of morpholine rings is 1. The monoisotopic (exact) mass is 393 g/mol. The Morgan fingerprint density at radius 2 is 1.77 bits per heavy atom. The molecule has 4 nitrogen and oxygen atoms in total. The summed E-state index contributed by atoms with van der Waals surface area (Å²) < 4.78 is 18.7. The van der Waals surface area contributed by atoms with Crippen LogP contribution in [-0.2, 0) is 4.74 Å². The molecule has 1 heterocycles. The first-order valence-electron chi connectivity index (χ1n) is 8.49. The Morgan fingerprint density at radius 1 is 1.12 bits per heavy atom. The van der Waals surface area contributed by atoms with E-state index in [-0.39, 0.29) is 11.9 Å². The molecule has 2 N–H and O–H groups in total. The van der Waals surface area contributed by atoms with Gasteiger partial charge in [0, 0.05) is 30.3 Å². The molecule has 3 rings (SSSR count). The van der Waals surface area contributed by atoms with Crippen molar-refractivity contribution in [1.82, 2.24) is 10.2 Å². The summed E-state index contributed by atoms with van der Waals surface area (Å²) in [5, 5.41) is 7.63. The maximum absolute atomic E-state index is 13.3. The van der Waals surface area contributed by atoms with Gasteiger partial charge in [0.05, 0.1) is 19.3 Å². The molecule has 0 radical (unpaired) electrons. The van der Waals surface area contributed by atoms with E-state index in [0.29, 0.717) is 29.9 Å². The lowest BCUT2D eigenvalue weighted by molar-refractivity contribution is 0.0170. The predicted molar refractivity (Wildman–Crippen MR) is 107 cm³/mol. The van der Waals surface area contributed by atoms with Gasteiger partial charge in [-0.2, -0.15) is 0 Å². The van der Waals surface area contributed by atoms with Crippen LogP contribution in [0, 0.1) is 5.82 Å². The van der Waals surface area contributed by atoms with Crippen LogP contribution in [0.15, 0.2) is 48.5 Å². The SMILES string of the molecule is Fc1ccc([C@H](CNC(=S)Nc2ccc(Cl)cc2)N2CCOCC2)cc1. The van der Waals surface area contributed by atoms with Gasteiger partial charge >= 0.3 is 0 Å². The number of hydrogen-bond acceptors (Lipinski definition) is 3. The fraction of sp³-hybridized carbons (Fsp3) is 0.316. The largest absolute Gasteiger partial charge is 0.379 e. The standard InChI is InChI=1S/C19H21ClFN3OS/c20-15-3-7-17(8-4-15)23-19(26)22-13-18(24-9-11-25-12-10-24)14-1-5-16(21)6-2-14/h1-8,18H,9-13H2,(H2,22,23,26)/t18-/m0/s1. The molecule has 0 saturated carbocycles. The Bertz CT molecular complexity index is 721. The van der Waals surface area contributed by atoms with Crippen LogP contribution in [0.3, 0.4) is 0 Å². The quantitative estimate of drug-likeness (QED) is 0.755. The summed E-state index contributed by atoms with van der Waals surface area (Å²) in [6.07, 6.45) is 0. The molecular formula is C19H21ClFN3OS. The minimum atomic E-state index is -0.234. The van der Waals surface area contributed by atoms with E-state index in [1.54, 1.807) is 0 Å². The smallest absolute Gasteiger partial charge is 0.170 e. The van der Waals surface area contributed by atoms with Gasteiger partial charge in [0.25, 0.3) is 0 Å². The number of ether oxygens (including phenoxy) is 1. The number of nitrogens with one attached hydrogen (secondary N) is 2. The van der Waals surface area contributed by atoms with E-state index >= 15 is 0 Å². The number of anilines is 1. The third kappa shape index (κ3) is 5.38. The fourth-order valence-electron chi connectivity index (χ4n) is 2.93. The van der Waals surface area contributed by atoms with Crippen molar-refractivity contribution >= 4 is 34.6 Å². The number of benzene rings is 2. The molecule has 26 heavy (non-hydrogen) atoms. The van der Waals surface area contributed by atoms with Crippen LogP contribution in [0.5, 0.6) is 0 Å². The Hall–Kier alpha value is -1.73. The second-order valence-electron chi connectivity index (χ2n) is 6.06. The molecule has 1 aliphatic heterocycles. The summed E-state index contributed by atoms with van der Waals surface area (Å²) >= 11 is 11.3. The van der Waals surface area contributed by atoms with E-state index < -0.39 is 0 Å². The number of rotatable bonds is 5. The van der Waals surface area contributed by atoms with Crippen LogP contribution in [0.4, 0.5) is 10.1 Å². The van der Waals surface area contributed by atoms with E-state index in [4.69, 9.17) is 28.6 Å². The molecule has 7 heteroatoms. The average Bonchev–Trinajstić information content (AvgIpc) is 2.66. The van der Waals surface area contributed by atoms with Gasteiger partial charge in [-0.05, 0) is 54.2 Å². The Labute approximate surface area is 163 Å². The predicted octanol–water partition coefficient (Wildman–Crippen LogP) is 3.84. The molecule has 2 aromatic rings. The van der Waals surface area contributed by atoms with Crippen molar-refractivity contribution in [3.63, 3.8) is 0 Å². The highest BCUT2D eigenvalue weighted by atomic mass is 35.5. The van der Waals surface area contributed by atoms with Gasteiger partial charge in [0.2, 0.25) is 0 Å². The molecule has 0 spiro atoms. The first kappa shape index (κ1) is 19.0. The van der Waals surface area contributed by atoms with Crippen molar-refractivity contribution in [2.24, 2.45) is 0 Å². The van der Waals surface area contributed by atoms with Gasteiger partial charge in [0.1, 0.15) is 5.82 Å². The highest BCUT2D eigenvalue weighted by molar-refractivity contribution is 7.80. The highest BCUT2D eigenvalue weighted by Gasteiger charge is 2.22. The van der Waals surface area contributed by atoms with Crippen LogP contribution in [0.25, 0.3) is 0 Å². The first-order chi connectivity index (χ1) is 12.6. The molecule has 0 amide bonds. The van der Waals surface area contributed by atoms with E-state index in [1.807, 2.05) is 36.4 Å². The van der Waals surface area contributed by atoms with Gasteiger partial charge in [-0.1, -0.05) is 23.7 Å². The van der Waals surface area contributed by atoms with Crippen LogP contribution < -0.4 is 10.6 Å². The molecule has 1 saturated heterocycles. The van der Waals surface area contributed by atoms with Crippen molar-refractivity contribution in [2.75, 3.05) is 38.2 Å². The summed E-state index contributed by atoms with van der Waals surface area (Å²) in [7, 11) is 0. The zero-order valence-corrected chi connectivity index (χ0v) is 15.8. The zero-order valence-electron chi connectivity index (χ0n) is 14.3. The van der Waals surface area contributed by atoms with Crippen molar-refractivity contribution < 1.29 is 9.13 Å². The van der Waals surface area contributed by atoms with Gasteiger partial charge in [-0.25, -0.2) is 4.39 Å². The Balaban J connectivity index is 1.64. The van der Waals surface area contributed by atoms with E-state index in [0.717, 1.165) is 24.3 Å². The summed E-state index contributed by atoms with van der Waals surface area (Å²) in [6, 6.07) is 14.1. The third-order valence-electron chi connectivity index (χ3n) is 4.30. The molecule has 0 aliphatic carbocycles. The van der Waals surface area contributed by atoms with Gasteiger partial charge in [-0.3, -0.25) is 4.90 Å². The summed E-state index contributed by atoms with van der Waals surface area (Å²) in [5.41, 5.74) is 1.92. The molecule has 0 bridgehead atoms. The van der Waals surface area contributed by atoms with Crippen molar-refractivity contribution in [3.05, 3.63) is 64.9 Å². The van der Waals surface area contributed by atoms with Crippen LogP contribution in [-0.4, -0.2) is 42.9 Å². The average molecular weight is 394 g/mol. The van der Waals surface area contributed by atoms with Gasteiger partial charge in [-0.15, -0.1) is 0 Å². The van der Waals surface area contributed by atoms with Crippen LogP contribution >= 0.6 is 23.8 Å². The number of halogens is 2. The topological polar surface area (TPSA) is 36.5 Å². The number of nitrogens with zero attached hydrogens (tertiary/aromatic N) is 1. The second-order valence-corrected chi connectivity index (χ2v) is 6.90. The van der Waals surface area contributed by atoms with Crippen molar-refractivity contribution in [1.29, 1.82) is 0 Å². The fourth-order valence-corrected chi connectivity index (χ4v) is 3.26. The van der Waals surface area contributed by atoms with Crippen molar-refractivity contribution in [3.8, 4) is 0 Å². The molecule has 0 unspecified atom stereocenters. The maximum atomic E-state index is 13.3. The molecule has 1 aliphatic rings. The lowest BCUT2D eigenvalue weighted by Gasteiger charge is -2.35. The number of thiocarbonyl (C=S) groups is 1. The molecule has 2 aromatic carbocycles. The Morgan fingerprint density at radius 3 is 2.42 bits per heavy atom. The van der Waals surface area contributed by atoms with E-state index in [9.17, 15) is 4.39 Å². The van der Waals surface area contributed by atoms with E-state index in [1.165, 1.54) is 12.1 Å². The zero-order chi connectivity index (χ0) is 18.4. The van der Waals surface area contributed by atoms with Crippen molar-refractivity contribution in [2.45, 2.75) is 6.04 Å². The maximum Gasteiger partial charge on any atom is 0.170 e. The van der Waals surface area contributed by atoms with Crippen LogP contribution in [0.1, 0.15) is 11.6 Å². The molecule has 0 aromatic heterocycles. The van der Waals surface area contributed by atoms with E-state index in [2.05, 4.69) is 15.5 Å². The summed E-state index contributed by atoms with van der Waals surface area (Å²) in [4.78, 5) is 2.33. The lowest BCUT2D eigenvalue weighted by Crippen LogP contribution is -2.44. The normalized spacial score (nSPS) is 16.1. The molecule has 1 fully saturated rings. The Kier molecular flexibility index (Phi) is 6.80. The highest BCUT2D eigenvalue weighted by Crippen LogP contribution is 2.22. The molecule has 138 valence electrons. The van der Waals surface area contributed by atoms with Gasteiger partial charge < -0.3 is 15.4 Å². The second kappa shape index (κ2) is 9.28. The summed E-state index contributed by atoms with van der Waals surface area (Å²) in [6.45, 7) is 3.68. The number of hydrogen-bond donors (Lipinski definition) is 2. The minimum absolute atomic E-state index is 0.0875. The lowest BCUT2D eigenvalue weighted by atomic mass is 10.0. The molecular weight excluding hydrogens is 373 g/mol. The summed E-state index contributed by atoms with van der Waals surface area (Å²) in [5.74, 6) is -0.234. The van der Waals surface area contributed by atoms with Crippen LogP contribution in [0.2, 0.25) is 5.02 Å². The molecule has 1 atom stereocenters.